The van der Waals surface area contributed by atoms with Gasteiger partial charge in [0.05, 0.1) is 41.8 Å². The zero-order valence-electron chi connectivity index (χ0n) is 52.4. The average molecular weight is 1310 g/mol. The summed E-state index contributed by atoms with van der Waals surface area (Å²) in [7, 11) is 0. The van der Waals surface area contributed by atoms with Crippen LogP contribution in [-0.2, 0) is 70.8 Å². The third-order valence-corrected chi connectivity index (χ3v) is 19.8. The summed E-state index contributed by atoms with van der Waals surface area (Å²) in [6, 6.07) is 22.7. The number of anilines is 2. The van der Waals surface area contributed by atoms with Gasteiger partial charge in [-0.15, -0.1) is 0 Å². The van der Waals surface area contributed by atoms with Gasteiger partial charge in [0.2, 0.25) is 12.2 Å². The third-order valence-electron chi connectivity index (χ3n) is 18.8. The van der Waals surface area contributed by atoms with Gasteiger partial charge in [-0.3, -0.25) is 24.0 Å². The highest BCUT2D eigenvalue weighted by Crippen LogP contribution is 2.72. The predicted molar refractivity (Wildman–Crippen MR) is 340 cm³/mol. The number of ether oxygens (including phenoxy) is 6. The highest BCUT2D eigenvalue weighted by molar-refractivity contribution is 7.22. The molecule has 498 valence electrons. The predicted octanol–water partition coefficient (Wildman–Crippen LogP) is 5.90. The van der Waals surface area contributed by atoms with Crippen molar-refractivity contribution in [1.29, 1.82) is 0 Å². The number of imide groups is 1. The number of nitrogens with zero attached hydrogens (tertiary/aromatic N) is 6. The number of alkyl carbamates (subject to hydrolysis) is 1. The Morgan fingerprint density at radius 1 is 0.798 bits per heavy atom. The summed E-state index contributed by atoms with van der Waals surface area (Å²) >= 11 is 1.62. The van der Waals surface area contributed by atoms with E-state index < -0.39 is 66.2 Å². The van der Waals surface area contributed by atoms with Crippen LogP contribution in [0.3, 0.4) is 0 Å². The first kappa shape index (κ1) is 65.5. The lowest BCUT2D eigenvalue weighted by atomic mass is 9.39. The number of rotatable bonds is 27. The monoisotopic (exact) mass is 1310 g/mol. The molecule has 3 aromatic carbocycles. The van der Waals surface area contributed by atoms with Crippen LogP contribution in [0.4, 0.5) is 15.7 Å². The van der Waals surface area contributed by atoms with Gasteiger partial charge in [-0.25, -0.2) is 24.4 Å². The number of pyridine rings is 1. The van der Waals surface area contributed by atoms with Gasteiger partial charge in [-0.05, 0) is 121 Å². The van der Waals surface area contributed by atoms with Crippen LogP contribution in [0.25, 0.3) is 21.3 Å². The second-order valence-electron chi connectivity index (χ2n) is 26.3. The van der Waals surface area contributed by atoms with Crippen molar-refractivity contribution >= 4 is 68.3 Å². The molecule has 3 aromatic heterocycles. The molecule has 7 atom stereocenters. The van der Waals surface area contributed by atoms with E-state index in [4.69, 9.17) is 43.5 Å². The summed E-state index contributed by atoms with van der Waals surface area (Å²) in [5.74, 6) is -3.32. The number of amides is 4. The van der Waals surface area contributed by atoms with Gasteiger partial charge < -0.3 is 74.8 Å². The Bertz CT molecular complexity index is 3840. The Morgan fingerprint density at radius 2 is 1.57 bits per heavy atom. The van der Waals surface area contributed by atoms with E-state index >= 15 is 0 Å². The molecule has 6 aromatic rings. The van der Waals surface area contributed by atoms with E-state index in [0.29, 0.717) is 43.1 Å². The Kier molecular flexibility index (Phi) is 18.8. The number of nitrogens with one attached hydrogen (secondary N) is 3. The second-order valence-corrected chi connectivity index (χ2v) is 27.3. The molecule has 0 spiro atoms. The molecule has 8 N–H and O–H groups in total. The number of aliphatic hydroxyl groups excluding tert-OH is 3. The number of fused-ring (bicyclic) bond motifs is 2. The number of carbonyl (C=O) groups is 6. The van der Waals surface area contributed by atoms with Gasteiger partial charge in [0.1, 0.15) is 48.8 Å². The summed E-state index contributed by atoms with van der Waals surface area (Å²) < 4.78 is 38.4. The standard InChI is InChI=1S/C67H77N9O17S/c1-39-45(44-13-14-50(73-54(44)59(83)84)74-21-17-40-7-6-8-41(46(40)30-74)28-70-62-72-47-9-4-5-10-49(47)94-62)29-71-76(39)38-66-33-64(2)32-65(3,34-66)36-67(35-64,37-66)91-24-20-69-63(87)90-31-42-11-12-43(27-48(42)92-61-57(82)55(80)56(81)58(93-61)60(85)86)89-26-25-88-23-19-68-51(77)18-22-75-52(78)15-16-53(75)79/h4-16,27,29,55-58,61,80-82H,17-26,28,30-38H2,1-3H3,(H,68,77)(H,69,87)(H,70,72)(H,83,84)(H,85,86)/t55-,56-,57+,58-,61+,64?,65?,66?,67?/m0/s1. The van der Waals surface area contributed by atoms with Crippen LogP contribution in [0.2, 0.25) is 0 Å². The van der Waals surface area contributed by atoms with Crippen LogP contribution in [0.5, 0.6) is 11.5 Å². The van der Waals surface area contributed by atoms with E-state index in [1.165, 1.54) is 23.3 Å². The van der Waals surface area contributed by atoms with E-state index in [1.807, 2.05) is 41.9 Å². The fourth-order valence-corrected chi connectivity index (χ4v) is 16.6. The van der Waals surface area contributed by atoms with Crippen molar-refractivity contribution in [2.75, 3.05) is 62.8 Å². The molecule has 4 bridgehead atoms. The third kappa shape index (κ3) is 14.3. The Morgan fingerprint density at radius 3 is 2.34 bits per heavy atom. The quantitative estimate of drug-likeness (QED) is 0.0220. The Balaban J connectivity index is 0.650. The minimum absolute atomic E-state index is 0.00995. The molecule has 13 rings (SSSR count). The zero-order chi connectivity index (χ0) is 66.1. The number of carboxylic acids is 2. The van der Waals surface area contributed by atoms with Gasteiger partial charge in [0, 0.05) is 92.8 Å². The maximum absolute atomic E-state index is 13.4. The summed E-state index contributed by atoms with van der Waals surface area (Å²) in [5, 5.41) is 66.8. The van der Waals surface area contributed by atoms with E-state index in [-0.39, 0.29) is 104 Å². The fraction of sp³-hybridized carbons (Fsp3) is 0.478. The van der Waals surface area contributed by atoms with Gasteiger partial charge in [-0.2, -0.15) is 5.10 Å². The number of hydrogen-bond donors (Lipinski definition) is 8. The lowest BCUT2D eigenvalue weighted by molar-refractivity contribution is -0.271. The van der Waals surface area contributed by atoms with Crippen LogP contribution in [0.15, 0.2) is 91.1 Å². The topological polar surface area (TPSA) is 345 Å². The van der Waals surface area contributed by atoms with Crippen molar-refractivity contribution in [2.24, 2.45) is 16.2 Å². The van der Waals surface area contributed by atoms with Crippen molar-refractivity contribution < 1.29 is 82.7 Å². The average Bonchev–Trinajstić information content (AvgIpc) is 1.18. The lowest BCUT2D eigenvalue weighted by Crippen LogP contribution is -2.64. The number of thiazole rings is 1. The second kappa shape index (κ2) is 27.0. The molecule has 2 unspecified atom stereocenters. The smallest absolute Gasteiger partial charge is 0.407 e. The van der Waals surface area contributed by atoms with E-state index in [2.05, 4.69) is 59.0 Å². The molecule has 3 aliphatic heterocycles. The summed E-state index contributed by atoms with van der Waals surface area (Å²) in [5.41, 5.74) is 6.09. The number of carboxylic acid groups (broad SMARTS) is 2. The SMILES string of the molecule is Cc1c(-c2ccc(N3CCc4cccc(CNc5nc6ccccc6s5)c4C3)nc2C(=O)O)cnn1CC12CC3(C)CC(C)(C1)CC(OCCNC(=O)OCc1ccc(OCCOCCNC(=O)CCN4C(=O)C=CC4=O)cc1O[C@@H]1O[C@H](C(=O)O)[C@@H](O)[C@H](O)[C@H]1O)(C3)C2. The number of carbonyl (C=O) groups excluding carboxylic acids is 4. The molecule has 4 aliphatic carbocycles. The molecule has 7 aliphatic rings. The first-order chi connectivity index (χ1) is 45.1. The van der Waals surface area contributed by atoms with Crippen LogP contribution >= 0.6 is 11.3 Å². The van der Waals surface area contributed by atoms with Crippen molar-refractivity contribution in [3.63, 3.8) is 0 Å². The highest BCUT2D eigenvalue weighted by Gasteiger charge is 2.66. The van der Waals surface area contributed by atoms with E-state index in [0.717, 1.165) is 88.6 Å². The van der Waals surface area contributed by atoms with Crippen LogP contribution in [-0.4, -0.2) is 175 Å². The maximum Gasteiger partial charge on any atom is 0.407 e. The summed E-state index contributed by atoms with van der Waals surface area (Å²) in [6.45, 7) is 9.35. The van der Waals surface area contributed by atoms with Crippen molar-refractivity contribution in [2.45, 2.75) is 135 Å². The van der Waals surface area contributed by atoms with Crippen LogP contribution < -0.4 is 30.3 Å². The fourth-order valence-electron chi connectivity index (χ4n) is 15.8. The normalized spacial score (nSPS) is 26.0. The van der Waals surface area contributed by atoms with E-state index in [1.54, 1.807) is 23.6 Å². The number of aromatic nitrogens is 4. The van der Waals surface area contributed by atoms with Crippen LogP contribution in [0.1, 0.15) is 97.2 Å². The van der Waals surface area contributed by atoms with Gasteiger partial charge >= 0.3 is 18.0 Å². The molecule has 4 amide bonds. The minimum atomic E-state index is -1.97. The van der Waals surface area contributed by atoms with Crippen molar-refractivity contribution in [1.82, 2.24) is 35.3 Å². The molecular formula is C67H77N9O17S. The Labute approximate surface area is 545 Å². The molecule has 94 heavy (non-hydrogen) atoms. The van der Waals surface area contributed by atoms with Gasteiger partial charge in [0.15, 0.2) is 16.9 Å². The lowest BCUT2D eigenvalue weighted by Gasteiger charge is -2.69. The first-order valence-corrected chi connectivity index (χ1v) is 32.4. The molecule has 4 saturated carbocycles. The molecule has 0 radical (unpaired) electrons. The van der Waals surface area contributed by atoms with Crippen LogP contribution in [0, 0.1) is 23.2 Å². The number of hydrogen-bond acceptors (Lipinski definition) is 21. The van der Waals surface area contributed by atoms with E-state index in [9.17, 15) is 54.3 Å². The number of para-hydroxylation sites is 1. The molecule has 6 heterocycles. The highest BCUT2D eigenvalue weighted by atomic mass is 32.1. The molecule has 5 fully saturated rings. The number of aliphatic carboxylic acids is 1. The summed E-state index contributed by atoms with van der Waals surface area (Å²) in [4.78, 5) is 86.8. The van der Waals surface area contributed by atoms with Gasteiger partial charge in [0.25, 0.3) is 11.8 Å². The number of aliphatic hydroxyl groups is 3. The number of aromatic carboxylic acids is 1. The van der Waals surface area contributed by atoms with Gasteiger partial charge in [-0.1, -0.05) is 55.5 Å². The molecule has 27 heteroatoms. The zero-order valence-corrected chi connectivity index (χ0v) is 53.2. The molecule has 1 saturated heterocycles. The Hall–Kier alpha value is -8.57. The maximum atomic E-state index is 13.4. The minimum Gasteiger partial charge on any atom is -0.491 e. The van der Waals surface area contributed by atoms with Crippen molar-refractivity contribution in [3.05, 3.63) is 125 Å². The first-order valence-electron chi connectivity index (χ1n) is 31.5. The molecule has 26 nitrogen and oxygen atoms in total. The largest absolute Gasteiger partial charge is 0.491 e. The molecular weight excluding hydrogens is 1230 g/mol. The van der Waals surface area contributed by atoms with Crippen molar-refractivity contribution in [3.8, 4) is 22.6 Å². The number of benzene rings is 3. The summed E-state index contributed by atoms with van der Waals surface area (Å²) in [6.07, 6.45) is -0.127.